The lowest BCUT2D eigenvalue weighted by Crippen LogP contribution is -2.21. The lowest BCUT2D eigenvalue weighted by atomic mass is 10.1. The van der Waals surface area contributed by atoms with E-state index >= 15 is 0 Å². The summed E-state index contributed by atoms with van der Waals surface area (Å²) in [4.78, 5) is 24.0. The van der Waals surface area contributed by atoms with Crippen LogP contribution in [0.1, 0.15) is 10.4 Å². The van der Waals surface area contributed by atoms with Crippen molar-refractivity contribution in [1.29, 1.82) is 0 Å². The summed E-state index contributed by atoms with van der Waals surface area (Å²) in [6.45, 7) is -0.611. The Labute approximate surface area is 156 Å². The van der Waals surface area contributed by atoms with Gasteiger partial charge >= 0.3 is 5.97 Å². The Kier molecular flexibility index (Phi) is 5.18. The van der Waals surface area contributed by atoms with Crippen LogP contribution in [-0.4, -0.2) is 23.6 Å². The van der Waals surface area contributed by atoms with Gasteiger partial charge in [0.1, 0.15) is 17.1 Å². The van der Waals surface area contributed by atoms with Gasteiger partial charge in [-0.15, -0.1) is 0 Å². The molecule has 0 spiro atoms. The lowest BCUT2D eigenvalue weighted by molar-refractivity contribution is -0.119. The van der Waals surface area contributed by atoms with E-state index in [0.717, 1.165) is 5.39 Å². The normalized spacial score (nSPS) is 10.5. The predicted molar refractivity (Wildman–Crippen MR) is 98.6 cm³/mol. The van der Waals surface area contributed by atoms with E-state index in [-0.39, 0.29) is 17.0 Å². The molecule has 0 radical (unpaired) electrons. The molecule has 0 unspecified atom stereocenters. The fourth-order valence-electron chi connectivity index (χ4n) is 2.41. The number of benzene rings is 3. The van der Waals surface area contributed by atoms with Gasteiger partial charge < -0.3 is 15.2 Å². The number of nitrogens with one attached hydrogen (secondary N) is 1. The average Bonchev–Trinajstić information content (AvgIpc) is 2.62. The van der Waals surface area contributed by atoms with Gasteiger partial charge in [0.25, 0.3) is 5.91 Å². The molecule has 2 N–H and O–H groups in total. The lowest BCUT2D eigenvalue weighted by Gasteiger charge is -2.09. The molecule has 0 atom stereocenters. The second-order valence-corrected chi connectivity index (χ2v) is 6.35. The van der Waals surface area contributed by atoms with E-state index in [1.165, 1.54) is 18.2 Å². The molecule has 5 nitrogen and oxygen atoms in total. The first-order valence-electron chi connectivity index (χ1n) is 7.58. The summed E-state index contributed by atoms with van der Waals surface area (Å²) in [5.41, 5.74) is -0.0749. The first-order valence-corrected chi connectivity index (χ1v) is 8.38. The first kappa shape index (κ1) is 17.9. The van der Waals surface area contributed by atoms with Crippen molar-refractivity contribution in [1.82, 2.24) is 0 Å². The molecule has 0 aliphatic carbocycles. The molecule has 3 aromatic carbocycles. The second kappa shape index (κ2) is 7.53. The highest BCUT2D eigenvalue weighted by atomic mass is 79.9. The van der Waals surface area contributed by atoms with E-state index in [0.29, 0.717) is 9.86 Å². The van der Waals surface area contributed by atoms with Crippen LogP contribution in [0.3, 0.4) is 0 Å². The van der Waals surface area contributed by atoms with Crippen LogP contribution < -0.4 is 5.32 Å². The van der Waals surface area contributed by atoms with E-state index in [1.54, 1.807) is 30.3 Å². The van der Waals surface area contributed by atoms with E-state index in [9.17, 15) is 19.1 Å². The zero-order valence-corrected chi connectivity index (χ0v) is 14.9. The number of halogens is 2. The summed E-state index contributed by atoms with van der Waals surface area (Å²) in [7, 11) is 0. The Morgan fingerprint density at radius 3 is 2.65 bits per heavy atom. The molecule has 0 heterocycles. The van der Waals surface area contributed by atoms with Gasteiger partial charge in [0.15, 0.2) is 6.61 Å². The SMILES string of the molecule is O=C(COC(=O)c1ccc2ccccc2c1O)Nc1ccc(Br)cc1F. The third-order valence-corrected chi connectivity index (χ3v) is 4.15. The molecule has 0 saturated heterocycles. The van der Waals surface area contributed by atoms with E-state index in [4.69, 9.17) is 4.74 Å². The highest BCUT2D eigenvalue weighted by Gasteiger charge is 2.17. The average molecular weight is 418 g/mol. The van der Waals surface area contributed by atoms with E-state index < -0.39 is 24.3 Å². The predicted octanol–water partition coefficient (Wildman–Crippen LogP) is 4.24. The monoisotopic (exact) mass is 417 g/mol. The topological polar surface area (TPSA) is 75.6 Å². The molecule has 0 saturated carbocycles. The quantitative estimate of drug-likeness (QED) is 0.622. The number of fused-ring (bicyclic) bond motifs is 1. The molecule has 1 amide bonds. The van der Waals surface area contributed by atoms with Gasteiger partial charge in [0.05, 0.1) is 5.69 Å². The zero-order valence-electron chi connectivity index (χ0n) is 13.3. The third kappa shape index (κ3) is 3.83. The number of rotatable bonds is 4. The van der Waals surface area contributed by atoms with Gasteiger partial charge in [-0.25, -0.2) is 9.18 Å². The number of anilines is 1. The summed E-state index contributed by atoms with van der Waals surface area (Å²) in [5.74, 6) is -2.38. The largest absolute Gasteiger partial charge is 0.506 e. The minimum absolute atomic E-state index is 0.0252. The van der Waals surface area contributed by atoms with Crippen molar-refractivity contribution in [2.75, 3.05) is 11.9 Å². The molecule has 0 aliphatic rings. The molecule has 0 bridgehead atoms. The number of hydrogen-bond acceptors (Lipinski definition) is 4. The maximum atomic E-state index is 13.7. The summed E-state index contributed by atoms with van der Waals surface area (Å²) in [5, 5.41) is 13.8. The van der Waals surface area contributed by atoms with Crippen molar-refractivity contribution >= 4 is 44.3 Å². The fraction of sp³-hybridized carbons (Fsp3) is 0.0526. The van der Waals surface area contributed by atoms with Crippen molar-refractivity contribution in [3.63, 3.8) is 0 Å². The molecule has 26 heavy (non-hydrogen) atoms. The zero-order chi connectivity index (χ0) is 18.7. The van der Waals surface area contributed by atoms with Gasteiger partial charge in [0.2, 0.25) is 0 Å². The Morgan fingerprint density at radius 2 is 1.88 bits per heavy atom. The third-order valence-electron chi connectivity index (χ3n) is 3.66. The first-order chi connectivity index (χ1) is 12.5. The number of carbonyl (C=O) groups excluding carboxylic acids is 2. The van der Waals surface area contributed by atoms with Gasteiger partial charge in [0, 0.05) is 9.86 Å². The van der Waals surface area contributed by atoms with Gasteiger partial charge in [-0.05, 0) is 29.7 Å². The number of hydrogen-bond donors (Lipinski definition) is 2. The smallest absolute Gasteiger partial charge is 0.342 e. The molecule has 0 fully saturated rings. The molecular formula is C19H13BrFNO4. The molecule has 3 aromatic rings. The van der Waals surface area contributed by atoms with Crippen molar-refractivity contribution in [3.8, 4) is 5.75 Å². The van der Waals surface area contributed by atoms with Crippen LogP contribution in [0.25, 0.3) is 10.8 Å². The number of phenolic OH excluding ortho intramolecular Hbond substituents is 1. The summed E-state index contributed by atoms with van der Waals surface area (Å²) >= 11 is 3.12. The van der Waals surface area contributed by atoms with Crippen LogP contribution in [-0.2, 0) is 9.53 Å². The Balaban J connectivity index is 1.67. The van der Waals surface area contributed by atoms with Crippen LogP contribution in [0.4, 0.5) is 10.1 Å². The van der Waals surface area contributed by atoms with Crippen LogP contribution in [0.2, 0.25) is 0 Å². The molecule has 3 rings (SSSR count). The summed E-state index contributed by atoms with van der Waals surface area (Å²) in [6.07, 6.45) is 0. The van der Waals surface area contributed by atoms with Gasteiger partial charge in [-0.1, -0.05) is 46.3 Å². The van der Waals surface area contributed by atoms with Crippen LogP contribution >= 0.6 is 15.9 Å². The van der Waals surface area contributed by atoms with Crippen molar-refractivity contribution in [2.24, 2.45) is 0 Å². The van der Waals surface area contributed by atoms with E-state index in [1.807, 2.05) is 6.07 Å². The van der Waals surface area contributed by atoms with Crippen LogP contribution in [0.15, 0.2) is 59.1 Å². The number of esters is 1. The van der Waals surface area contributed by atoms with Gasteiger partial charge in [-0.3, -0.25) is 4.79 Å². The highest BCUT2D eigenvalue weighted by molar-refractivity contribution is 9.10. The minimum Gasteiger partial charge on any atom is -0.506 e. The minimum atomic E-state index is -0.848. The summed E-state index contributed by atoms with van der Waals surface area (Å²) < 4.78 is 19.1. The highest BCUT2D eigenvalue weighted by Crippen LogP contribution is 2.29. The molecular weight excluding hydrogens is 405 g/mol. The Morgan fingerprint density at radius 1 is 1.12 bits per heavy atom. The van der Waals surface area contributed by atoms with Crippen LogP contribution in [0.5, 0.6) is 5.75 Å². The molecule has 0 aliphatic heterocycles. The molecule has 0 aromatic heterocycles. The maximum absolute atomic E-state index is 13.7. The number of aromatic hydroxyl groups is 1. The number of carbonyl (C=O) groups is 2. The van der Waals surface area contributed by atoms with Crippen LogP contribution in [0, 0.1) is 5.82 Å². The Bertz CT molecular complexity index is 1010. The summed E-state index contributed by atoms with van der Waals surface area (Å²) in [6, 6.07) is 14.3. The van der Waals surface area contributed by atoms with Crippen molar-refractivity contribution in [3.05, 3.63) is 70.5 Å². The number of phenols is 1. The Hall–Kier alpha value is -2.93. The fourth-order valence-corrected chi connectivity index (χ4v) is 2.74. The standard InChI is InChI=1S/C19H13BrFNO4/c20-12-6-8-16(15(21)9-12)22-17(23)10-26-19(25)14-7-5-11-3-1-2-4-13(11)18(14)24/h1-9,24H,10H2,(H,22,23). The van der Waals surface area contributed by atoms with Crippen molar-refractivity contribution in [2.45, 2.75) is 0 Å². The number of ether oxygens (including phenoxy) is 1. The second-order valence-electron chi connectivity index (χ2n) is 5.43. The van der Waals surface area contributed by atoms with E-state index in [2.05, 4.69) is 21.2 Å². The van der Waals surface area contributed by atoms with Crippen molar-refractivity contribution < 1.29 is 23.8 Å². The molecule has 7 heteroatoms. The number of amides is 1. The maximum Gasteiger partial charge on any atom is 0.342 e. The van der Waals surface area contributed by atoms with Gasteiger partial charge in [-0.2, -0.15) is 0 Å². The molecule has 132 valence electrons.